The summed E-state index contributed by atoms with van der Waals surface area (Å²) in [4.78, 5) is 37.4. The zero-order chi connectivity index (χ0) is 21.1. The normalized spacial score (nSPS) is 13.6. The Morgan fingerprint density at radius 2 is 2.03 bits per heavy atom. The molecule has 30 heavy (non-hydrogen) atoms. The Balaban J connectivity index is 1.43. The number of aromatic nitrogens is 3. The van der Waals surface area contributed by atoms with Crippen molar-refractivity contribution < 1.29 is 9.59 Å². The lowest BCUT2D eigenvalue weighted by Crippen LogP contribution is -2.33. The van der Waals surface area contributed by atoms with Crippen LogP contribution in [-0.2, 0) is 32.9 Å². The quantitative estimate of drug-likeness (QED) is 0.684. The number of thiophene rings is 1. The molecule has 0 aromatic carbocycles. The zero-order valence-corrected chi connectivity index (χ0v) is 18.0. The van der Waals surface area contributed by atoms with Gasteiger partial charge in [0.05, 0.1) is 17.8 Å². The summed E-state index contributed by atoms with van der Waals surface area (Å²) in [5.41, 5.74) is 3.50. The molecule has 1 N–H and O–H groups in total. The largest absolute Gasteiger partial charge is 0.344 e. The summed E-state index contributed by atoms with van der Waals surface area (Å²) in [6, 6.07) is 7.72. The van der Waals surface area contributed by atoms with Crippen LogP contribution in [0.3, 0.4) is 0 Å². The van der Waals surface area contributed by atoms with Gasteiger partial charge in [-0.05, 0) is 30.0 Å². The van der Waals surface area contributed by atoms with E-state index in [4.69, 9.17) is 0 Å². The van der Waals surface area contributed by atoms with Gasteiger partial charge in [0.25, 0.3) is 11.8 Å². The van der Waals surface area contributed by atoms with Crippen molar-refractivity contribution in [2.75, 3.05) is 13.1 Å². The smallest absolute Gasteiger partial charge is 0.287 e. The van der Waals surface area contributed by atoms with Crippen LogP contribution in [0.5, 0.6) is 0 Å². The van der Waals surface area contributed by atoms with Gasteiger partial charge >= 0.3 is 0 Å². The van der Waals surface area contributed by atoms with E-state index < -0.39 is 0 Å². The average molecular weight is 424 g/mol. The molecule has 0 saturated carbocycles. The van der Waals surface area contributed by atoms with Gasteiger partial charge in [-0.3, -0.25) is 14.6 Å². The number of hydrogen-bond donors (Lipinski definition) is 1. The van der Waals surface area contributed by atoms with Crippen molar-refractivity contribution in [2.24, 2.45) is 7.05 Å². The minimum Gasteiger partial charge on any atom is -0.344 e. The summed E-state index contributed by atoms with van der Waals surface area (Å²) in [6.45, 7) is 3.71. The lowest BCUT2D eigenvalue weighted by molar-refractivity contribution is 0.0761. The molecule has 8 heteroatoms. The molecule has 0 atom stereocenters. The molecule has 0 bridgehead atoms. The Morgan fingerprint density at radius 3 is 2.73 bits per heavy atom. The maximum atomic E-state index is 12.9. The number of nitrogens with zero attached hydrogens (tertiary/aromatic N) is 4. The third-order valence-corrected chi connectivity index (χ3v) is 6.34. The van der Waals surface area contributed by atoms with Gasteiger partial charge in [-0.2, -0.15) is 0 Å². The maximum absolute atomic E-state index is 12.9. The van der Waals surface area contributed by atoms with E-state index in [1.165, 1.54) is 0 Å². The van der Waals surface area contributed by atoms with Crippen molar-refractivity contribution in [3.63, 3.8) is 0 Å². The molecule has 1 aliphatic heterocycles. The minimum atomic E-state index is -0.172. The molecule has 0 saturated heterocycles. The SMILES string of the molecule is CCc1ccc(C(=O)N2CCc3nc(C(=O)NCc4cccs4)n(C)c3CC2)cn1. The summed E-state index contributed by atoms with van der Waals surface area (Å²) in [6.07, 6.45) is 3.81. The summed E-state index contributed by atoms with van der Waals surface area (Å²) in [7, 11) is 1.87. The van der Waals surface area contributed by atoms with E-state index in [0.29, 0.717) is 43.9 Å². The lowest BCUT2D eigenvalue weighted by Gasteiger charge is -2.20. The first-order chi connectivity index (χ1) is 14.6. The van der Waals surface area contributed by atoms with E-state index in [2.05, 4.69) is 15.3 Å². The van der Waals surface area contributed by atoms with Gasteiger partial charge in [0, 0.05) is 55.4 Å². The molecule has 1 aliphatic rings. The van der Waals surface area contributed by atoms with Gasteiger partial charge in [-0.25, -0.2) is 4.98 Å². The predicted octanol–water partition coefficient (Wildman–Crippen LogP) is 2.61. The first-order valence-corrected chi connectivity index (χ1v) is 11.0. The van der Waals surface area contributed by atoms with Crippen LogP contribution in [0.1, 0.15) is 49.9 Å². The number of carbonyl (C=O) groups is 2. The van der Waals surface area contributed by atoms with Crippen molar-refractivity contribution in [1.29, 1.82) is 0 Å². The second kappa shape index (κ2) is 8.79. The third kappa shape index (κ3) is 4.14. The van der Waals surface area contributed by atoms with Crippen LogP contribution >= 0.6 is 11.3 Å². The highest BCUT2D eigenvalue weighted by Crippen LogP contribution is 2.19. The van der Waals surface area contributed by atoms with Crippen LogP contribution in [0.25, 0.3) is 0 Å². The molecule has 0 unspecified atom stereocenters. The van der Waals surface area contributed by atoms with Gasteiger partial charge in [0.15, 0.2) is 5.82 Å². The van der Waals surface area contributed by atoms with Gasteiger partial charge in [-0.15, -0.1) is 11.3 Å². The molecule has 4 heterocycles. The van der Waals surface area contributed by atoms with Gasteiger partial charge < -0.3 is 14.8 Å². The van der Waals surface area contributed by atoms with Crippen LogP contribution in [0, 0.1) is 0 Å². The molecule has 3 aromatic heterocycles. The van der Waals surface area contributed by atoms with Gasteiger partial charge in [0.2, 0.25) is 0 Å². The maximum Gasteiger partial charge on any atom is 0.287 e. The number of pyridine rings is 1. The fourth-order valence-corrected chi connectivity index (χ4v) is 4.35. The summed E-state index contributed by atoms with van der Waals surface area (Å²) in [5.74, 6) is 0.247. The van der Waals surface area contributed by atoms with E-state index in [-0.39, 0.29) is 11.8 Å². The molecule has 0 fully saturated rings. The van der Waals surface area contributed by atoms with Crippen LogP contribution in [-0.4, -0.2) is 44.3 Å². The number of rotatable bonds is 5. The van der Waals surface area contributed by atoms with Crippen molar-refractivity contribution in [3.05, 3.63) is 69.2 Å². The molecular formula is C22H25N5O2S. The minimum absolute atomic E-state index is 0.00752. The van der Waals surface area contributed by atoms with Crippen molar-refractivity contribution >= 4 is 23.2 Å². The monoisotopic (exact) mass is 423 g/mol. The Hall–Kier alpha value is -3.00. The van der Waals surface area contributed by atoms with E-state index in [9.17, 15) is 9.59 Å². The first kappa shape index (κ1) is 20.3. The van der Waals surface area contributed by atoms with Crippen molar-refractivity contribution in [1.82, 2.24) is 24.8 Å². The summed E-state index contributed by atoms with van der Waals surface area (Å²) in [5, 5.41) is 4.93. The van der Waals surface area contributed by atoms with Gasteiger partial charge in [0.1, 0.15) is 0 Å². The Morgan fingerprint density at radius 1 is 1.20 bits per heavy atom. The molecule has 4 rings (SSSR count). The molecule has 156 valence electrons. The number of carbonyl (C=O) groups excluding carboxylic acids is 2. The van der Waals surface area contributed by atoms with Crippen LogP contribution < -0.4 is 5.32 Å². The Labute approximate surface area is 179 Å². The first-order valence-electron chi connectivity index (χ1n) is 10.2. The molecule has 0 aliphatic carbocycles. The summed E-state index contributed by atoms with van der Waals surface area (Å²) >= 11 is 1.61. The van der Waals surface area contributed by atoms with Crippen molar-refractivity contribution in [2.45, 2.75) is 32.7 Å². The van der Waals surface area contributed by atoms with Gasteiger partial charge in [-0.1, -0.05) is 13.0 Å². The number of fused-ring (bicyclic) bond motifs is 1. The molecule has 0 radical (unpaired) electrons. The van der Waals surface area contributed by atoms with E-state index in [1.807, 2.05) is 53.1 Å². The summed E-state index contributed by atoms with van der Waals surface area (Å²) < 4.78 is 1.87. The topological polar surface area (TPSA) is 80.1 Å². The number of nitrogens with one attached hydrogen (secondary N) is 1. The number of amides is 2. The Bertz CT molecular complexity index is 1040. The standard InChI is InChI=1S/C22H25N5O2S/c1-3-16-7-6-15(13-23-16)22(29)27-10-8-18-19(9-11-27)26(2)20(25-18)21(28)24-14-17-5-4-12-30-17/h4-7,12-13H,3,8-11,14H2,1-2H3,(H,24,28). The highest BCUT2D eigenvalue weighted by atomic mass is 32.1. The molecule has 3 aromatic rings. The zero-order valence-electron chi connectivity index (χ0n) is 17.2. The van der Waals surface area contributed by atoms with E-state index in [1.54, 1.807) is 17.5 Å². The number of aryl methyl sites for hydroxylation is 1. The van der Waals surface area contributed by atoms with Crippen LogP contribution in [0.2, 0.25) is 0 Å². The molecule has 0 spiro atoms. The van der Waals surface area contributed by atoms with E-state index >= 15 is 0 Å². The Kier molecular flexibility index (Phi) is 5.94. The molecule has 7 nitrogen and oxygen atoms in total. The fraction of sp³-hybridized carbons (Fsp3) is 0.364. The second-order valence-electron chi connectivity index (χ2n) is 7.33. The van der Waals surface area contributed by atoms with Crippen molar-refractivity contribution in [3.8, 4) is 0 Å². The van der Waals surface area contributed by atoms with E-state index in [0.717, 1.165) is 28.4 Å². The highest BCUT2D eigenvalue weighted by Gasteiger charge is 2.25. The second-order valence-corrected chi connectivity index (χ2v) is 8.37. The predicted molar refractivity (Wildman–Crippen MR) is 116 cm³/mol. The third-order valence-electron chi connectivity index (χ3n) is 5.46. The molecule has 2 amide bonds. The number of imidazole rings is 1. The van der Waals surface area contributed by atoms with Crippen LogP contribution in [0.4, 0.5) is 0 Å². The number of hydrogen-bond acceptors (Lipinski definition) is 5. The highest BCUT2D eigenvalue weighted by molar-refractivity contribution is 7.09. The average Bonchev–Trinajstić information content (AvgIpc) is 3.34. The lowest BCUT2D eigenvalue weighted by atomic mass is 10.2. The fourth-order valence-electron chi connectivity index (χ4n) is 3.70. The molecular weight excluding hydrogens is 398 g/mol. The van der Waals surface area contributed by atoms with Crippen LogP contribution in [0.15, 0.2) is 35.8 Å².